The van der Waals surface area contributed by atoms with Crippen molar-refractivity contribution in [2.24, 2.45) is 0 Å². The zero-order valence-corrected chi connectivity index (χ0v) is 15.9. The van der Waals surface area contributed by atoms with E-state index in [-0.39, 0.29) is 16.8 Å². The van der Waals surface area contributed by atoms with Crippen molar-refractivity contribution in [3.8, 4) is 0 Å². The van der Waals surface area contributed by atoms with Crippen LogP contribution in [0.3, 0.4) is 0 Å². The maximum atomic E-state index is 12.7. The van der Waals surface area contributed by atoms with Gasteiger partial charge in [-0.3, -0.25) is 24.6 Å². The van der Waals surface area contributed by atoms with Gasteiger partial charge in [0.05, 0.1) is 16.1 Å². The van der Waals surface area contributed by atoms with E-state index in [0.717, 1.165) is 11.0 Å². The third kappa shape index (κ3) is 3.49. The Morgan fingerprint density at radius 1 is 1.18 bits per heavy atom. The van der Waals surface area contributed by atoms with E-state index in [1.807, 2.05) is 0 Å². The summed E-state index contributed by atoms with van der Waals surface area (Å²) in [4.78, 5) is 50.7. The van der Waals surface area contributed by atoms with Gasteiger partial charge >= 0.3 is 6.09 Å². The van der Waals surface area contributed by atoms with Crippen LogP contribution in [0.15, 0.2) is 12.1 Å². The van der Waals surface area contributed by atoms with Crippen LogP contribution in [0.25, 0.3) is 0 Å². The number of anilines is 1. The summed E-state index contributed by atoms with van der Waals surface area (Å²) < 4.78 is 5.34. The Morgan fingerprint density at radius 3 is 2.21 bits per heavy atom. The number of nitro benzene ring substituents is 1. The van der Waals surface area contributed by atoms with Crippen molar-refractivity contribution >= 4 is 29.3 Å². The molecular formula is C18H22N4O6. The average Bonchev–Trinajstić information content (AvgIpc) is 2.83. The molecule has 1 fully saturated rings. The summed E-state index contributed by atoms with van der Waals surface area (Å²) in [5.41, 5.74) is 4.54. The number of rotatable bonds is 2. The summed E-state index contributed by atoms with van der Waals surface area (Å²) >= 11 is 0. The van der Waals surface area contributed by atoms with Crippen LogP contribution in [0.4, 0.5) is 16.2 Å². The first-order valence-corrected chi connectivity index (χ1v) is 8.93. The molecule has 0 unspecified atom stereocenters. The van der Waals surface area contributed by atoms with Crippen LogP contribution >= 0.6 is 0 Å². The second kappa shape index (κ2) is 6.77. The smallest absolute Gasteiger partial charge is 0.410 e. The van der Waals surface area contributed by atoms with Gasteiger partial charge in [-0.2, -0.15) is 0 Å². The lowest BCUT2D eigenvalue weighted by Crippen LogP contribution is -2.49. The maximum absolute atomic E-state index is 12.7. The predicted molar refractivity (Wildman–Crippen MR) is 98.8 cm³/mol. The molecule has 10 nitrogen and oxygen atoms in total. The first-order valence-electron chi connectivity index (χ1n) is 8.93. The molecule has 2 aliphatic heterocycles. The number of likely N-dealkylation sites (tertiary alicyclic amines) is 1. The SMILES string of the molecule is CC(C)(C)OC(=O)N1CCC(N2C(=O)c3cc(N)c([N+](=O)[O-])cc3C2=O)CC1. The Labute approximate surface area is 161 Å². The van der Waals surface area contributed by atoms with E-state index in [4.69, 9.17) is 10.5 Å². The Bertz CT molecular complexity index is 868. The molecule has 10 heteroatoms. The molecule has 3 amide bonds. The lowest BCUT2D eigenvalue weighted by atomic mass is 10.0. The third-order valence-electron chi connectivity index (χ3n) is 4.74. The van der Waals surface area contributed by atoms with Crippen molar-refractivity contribution in [1.29, 1.82) is 0 Å². The molecule has 0 bridgehead atoms. The number of amides is 3. The molecule has 1 aromatic rings. The van der Waals surface area contributed by atoms with Crippen molar-refractivity contribution in [1.82, 2.24) is 9.80 Å². The summed E-state index contributed by atoms with van der Waals surface area (Å²) in [6, 6.07) is 1.84. The quantitative estimate of drug-likeness (QED) is 0.354. The van der Waals surface area contributed by atoms with Crippen LogP contribution in [0.5, 0.6) is 0 Å². The van der Waals surface area contributed by atoms with Crippen molar-refractivity contribution in [2.75, 3.05) is 18.8 Å². The highest BCUT2D eigenvalue weighted by Crippen LogP contribution is 2.34. The van der Waals surface area contributed by atoms with Gasteiger partial charge in [0.2, 0.25) is 0 Å². The van der Waals surface area contributed by atoms with Gasteiger partial charge in [0.1, 0.15) is 11.3 Å². The normalized spacial score (nSPS) is 17.7. The second-order valence-corrected chi connectivity index (χ2v) is 7.89. The Balaban J connectivity index is 1.74. The number of piperidine rings is 1. The van der Waals surface area contributed by atoms with E-state index in [1.165, 1.54) is 6.07 Å². The zero-order chi connectivity index (χ0) is 20.8. The van der Waals surface area contributed by atoms with E-state index in [9.17, 15) is 24.5 Å². The number of hydrogen-bond donors (Lipinski definition) is 1. The van der Waals surface area contributed by atoms with Gasteiger partial charge in [-0.25, -0.2) is 4.79 Å². The minimum absolute atomic E-state index is 0.0135. The summed E-state index contributed by atoms with van der Waals surface area (Å²) in [7, 11) is 0. The van der Waals surface area contributed by atoms with Crippen molar-refractivity contribution in [2.45, 2.75) is 45.3 Å². The van der Waals surface area contributed by atoms with E-state index < -0.39 is 40.2 Å². The minimum Gasteiger partial charge on any atom is -0.444 e. The highest BCUT2D eigenvalue weighted by atomic mass is 16.6. The van der Waals surface area contributed by atoms with Crippen molar-refractivity contribution in [3.05, 3.63) is 33.4 Å². The highest BCUT2D eigenvalue weighted by Gasteiger charge is 2.43. The van der Waals surface area contributed by atoms with Crippen LogP contribution < -0.4 is 5.73 Å². The van der Waals surface area contributed by atoms with Gasteiger partial charge in [-0.05, 0) is 39.7 Å². The van der Waals surface area contributed by atoms with Gasteiger partial charge in [0, 0.05) is 25.2 Å². The predicted octanol–water partition coefficient (Wildman–Crippen LogP) is 2.17. The zero-order valence-electron chi connectivity index (χ0n) is 15.9. The number of carbonyl (C=O) groups excluding carboxylic acids is 3. The van der Waals surface area contributed by atoms with Gasteiger partial charge in [0.25, 0.3) is 17.5 Å². The molecule has 0 saturated carbocycles. The van der Waals surface area contributed by atoms with Crippen molar-refractivity contribution < 1.29 is 24.0 Å². The average molecular weight is 390 g/mol. The first kappa shape index (κ1) is 19.6. The molecule has 28 heavy (non-hydrogen) atoms. The third-order valence-corrected chi connectivity index (χ3v) is 4.74. The molecule has 2 heterocycles. The van der Waals surface area contributed by atoms with Crippen molar-refractivity contribution in [3.63, 3.8) is 0 Å². The topological polar surface area (TPSA) is 136 Å². The number of carbonyl (C=O) groups is 3. The number of benzene rings is 1. The van der Waals surface area contributed by atoms with Crippen LogP contribution in [0.1, 0.15) is 54.3 Å². The molecular weight excluding hydrogens is 368 g/mol. The maximum Gasteiger partial charge on any atom is 0.410 e. The molecule has 2 aliphatic rings. The fourth-order valence-electron chi connectivity index (χ4n) is 3.43. The van der Waals surface area contributed by atoms with E-state index in [2.05, 4.69) is 0 Å². The molecule has 0 aromatic heterocycles. The van der Waals surface area contributed by atoms with Crippen LogP contribution in [-0.2, 0) is 4.74 Å². The first-order chi connectivity index (χ1) is 13.0. The molecule has 0 atom stereocenters. The number of nitrogens with zero attached hydrogens (tertiary/aromatic N) is 3. The standard InChI is InChI=1S/C18H22N4O6/c1-18(2,3)28-17(25)20-6-4-10(5-7-20)21-15(23)11-8-13(19)14(22(26)27)9-12(11)16(21)24/h8-10H,4-7,19H2,1-3H3. The Kier molecular flexibility index (Phi) is 4.74. The number of fused-ring (bicyclic) bond motifs is 1. The van der Waals surface area contributed by atoms with Crippen LogP contribution in [-0.4, -0.2) is 57.4 Å². The Morgan fingerprint density at radius 2 is 1.71 bits per heavy atom. The lowest BCUT2D eigenvalue weighted by Gasteiger charge is -2.36. The monoisotopic (exact) mass is 390 g/mol. The number of ether oxygens (including phenoxy) is 1. The molecule has 1 aromatic carbocycles. The van der Waals surface area contributed by atoms with Gasteiger partial charge < -0.3 is 15.4 Å². The summed E-state index contributed by atoms with van der Waals surface area (Å²) in [6.07, 6.45) is 0.376. The largest absolute Gasteiger partial charge is 0.444 e. The molecule has 3 rings (SSSR count). The van der Waals surface area contributed by atoms with Gasteiger partial charge in [-0.15, -0.1) is 0 Å². The second-order valence-electron chi connectivity index (χ2n) is 7.89. The van der Waals surface area contributed by atoms with Crippen LogP contribution in [0.2, 0.25) is 0 Å². The van der Waals surface area contributed by atoms with E-state index in [0.29, 0.717) is 25.9 Å². The fourth-order valence-corrected chi connectivity index (χ4v) is 3.43. The fraction of sp³-hybridized carbons (Fsp3) is 0.500. The summed E-state index contributed by atoms with van der Waals surface area (Å²) in [6.45, 7) is 6.02. The summed E-state index contributed by atoms with van der Waals surface area (Å²) in [5.74, 6) is -1.09. The summed E-state index contributed by atoms with van der Waals surface area (Å²) in [5, 5.41) is 11.1. The molecule has 0 aliphatic carbocycles. The van der Waals surface area contributed by atoms with E-state index in [1.54, 1.807) is 25.7 Å². The minimum atomic E-state index is -0.685. The number of nitrogens with two attached hydrogens (primary N) is 1. The molecule has 1 saturated heterocycles. The highest BCUT2D eigenvalue weighted by molar-refractivity contribution is 6.22. The number of nitro groups is 1. The molecule has 0 spiro atoms. The van der Waals surface area contributed by atoms with Crippen LogP contribution in [0, 0.1) is 10.1 Å². The Hall–Kier alpha value is -3.17. The van der Waals surface area contributed by atoms with E-state index >= 15 is 0 Å². The molecule has 150 valence electrons. The lowest BCUT2D eigenvalue weighted by molar-refractivity contribution is -0.383. The number of imide groups is 1. The number of nitrogen functional groups attached to an aromatic ring is 1. The molecule has 0 radical (unpaired) electrons. The molecule has 2 N–H and O–H groups in total. The van der Waals surface area contributed by atoms with Gasteiger partial charge in [-0.1, -0.05) is 0 Å². The van der Waals surface area contributed by atoms with Gasteiger partial charge in [0.15, 0.2) is 0 Å². The number of hydrogen-bond acceptors (Lipinski definition) is 7.